The smallest absolute Gasteiger partial charge is 0.434 e. The van der Waals surface area contributed by atoms with Gasteiger partial charge in [0.15, 0.2) is 5.69 Å². The number of rotatable bonds is 2. The number of carbonyl (C=O) groups is 1. The molecular weight excluding hydrogens is 251 g/mol. The number of aromatic nitrogens is 3. The number of carboxylic acids is 1. The van der Waals surface area contributed by atoms with E-state index in [0.29, 0.717) is 0 Å². The van der Waals surface area contributed by atoms with Gasteiger partial charge >= 0.3 is 12.1 Å². The Hall–Kier alpha value is -2.38. The monoisotopic (exact) mass is 257 g/mol. The van der Waals surface area contributed by atoms with Crippen molar-refractivity contribution in [1.82, 2.24) is 15.2 Å². The SMILES string of the molecule is O=C(O)c1cc(-c2cccnc2C(F)(F)F)n[nH]1. The summed E-state index contributed by atoms with van der Waals surface area (Å²) in [4.78, 5) is 13.9. The average molecular weight is 257 g/mol. The zero-order valence-corrected chi connectivity index (χ0v) is 8.69. The van der Waals surface area contributed by atoms with Gasteiger partial charge in [-0.15, -0.1) is 0 Å². The van der Waals surface area contributed by atoms with Crippen LogP contribution in [0.5, 0.6) is 0 Å². The molecular formula is C10H6F3N3O2. The normalized spacial score (nSPS) is 11.5. The van der Waals surface area contributed by atoms with Crippen molar-refractivity contribution in [2.24, 2.45) is 0 Å². The molecule has 0 saturated carbocycles. The highest BCUT2D eigenvalue weighted by molar-refractivity contribution is 5.87. The van der Waals surface area contributed by atoms with Crippen LogP contribution >= 0.6 is 0 Å². The van der Waals surface area contributed by atoms with Gasteiger partial charge in [0.25, 0.3) is 0 Å². The molecule has 0 aliphatic carbocycles. The highest BCUT2D eigenvalue weighted by Crippen LogP contribution is 2.34. The number of nitrogens with zero attached hydrogens (tertiary/aromatic N) is 2. The maximum atomic E-state index is 12.7. The first-order chi connectivity index (χ1) is 8.39. The molecule has 0 spiro atoms. The number of aromatic carboxylic acids is 1. The quantitative estimate of drug-likeness (QED) is 0.864. The molecule has 2 heterocycles. The Balaban J connectivity index is 2.53. The molecule has 0 fully saturated rings. The van der Waals surface area contributed by atoms with Gasteiger partial charge in [-0.2, -0.15) is 18.3 Å². The second kappa shape index (κ2) is 4.13. The lowest BCUT2D eigenvalue weighted by atomic mass is 10.1. The second-order valence-corrected chi connectivity index (χ2v) is 3.37. The molecule has 8 heteroatoms. The highest BCUT2D eigenvalue weighted by Gasteiger charge is 2.36. The van der Waals surface area contributed by atoms with Crippen LogP contribution in [0.25, 0.3) is 11.3 Å². The van der Waals surface area contributed by atoms with E-state index in [1.54, 1.807) is 0 Å². The van der Waals surface area contributed by atoms with Crippen molar-refractivity contribution >= 4 is 5.97 Å². The van der Waals surface area contributed by atoms with Crippen LogP contribution in [-0.2, 0) is 6.18 Å². The van der Waals surface area contributed by atoms with E-state index in [1.807, 2.05) is 0 Å². The van der Waals surface area contributed by atoms with Crippen molar-refractivity contribution in [2.45, 2.75) is 6.18 Å². The molecule has 2 N–H and O–H groups in total. The van der Waals surface area contributed by atoms with Crippen LogP contribution in [-0.4, -0.2) is 26.3 Å². The molecule has 2 aromatic rings. The molecule has 0 atom stereocenters. The Morgan fingerprint density at radius 2 is 2.11 bits per heavy atom. The summed E-state index contributed by atoms with van der Waals surface area (Å²) >= 11 is 0. The standard InChI is InChI=1S/C10H6F3N3O2/c11-10(12,13)8-5(2-1-3-14-8)6-4-7(9(17)18)16-15-6/h1-4H,(H,15,16)(H,17,18). The predicted molar refractivity (Wildman–Crippen MR) is 53.8 cm³/mol. The number of nitrogens with one attached hydrogen (secondary N) is 1. The molecule has 0 radical (unpaired) electrons. The number of pyridine rings is 1. The van der Waals surface area contributed by atoms with Gasteiger partial charge in [-0.1, -0.05) is 0 Å². The summed E-state index contributed by atoms with van der Waals surface area (Å²) in [6, 6.07) is 3.52. The van der Waals surface area contributed by atoms with E-state index in [9.17, 15) is 18.0 Å². The van der Waals surface area contributed by atoms with Crippen LogP contribution in [0.15, 0.2) is 24.4 Å². The van der Waals surface area contributed by atoms with Gasteiger partial charge in [-0.3, -0.25) is 10.1 Å². The minimum atomic E-state index is -4.63. The molecule has 0 bridgehead atoms. The fourth-order valence-corrected chi connectivity index (χ4v) is 1.41. The summed E-state index contributed by atoms with van der Waals surface area (Å²) < 4.78 is 38.0. The first-order valence-corrected chi connectivity index (χ1v) is 4.71. The first-order valence-electron chi connectivity index (χ1n) is 4.71. The van der Waals surface area contributed by atoms with Crippen LogP contribution in [0.1, 0.15) is 16.2 Å². The lowest BCUT2D eigenvalue weighted by Crippen LogP contribution is -2.09. The molecule has 2 rings (SSSR count). The number of aromatic amines is 1. The summed E-state index contributed by atoms with van der Waals surface area (Å²) in [5, 5.41) is 14.3. The molecule has 18 heavy (non-hydrogen) atoms. The second-order valence-electron chi connectivity index (χ2n) is 3.37. The van der Waals surface area contributed by atoms with E-state index < -0.39 is 17.8 Å². The molecule has 0 aliphatic heterocycles. The molecule has 5 nitrogen and oxygen atoms in total. The number of alkyl halides is 3. The third kappa shape index (κ3) is 2.17. The topological polar surface area (TPSA) is 78.9 Å². The van der Waals surface area contributed by atoms with E-state index in [2.05, 4.69) is 15.2 Å². The summed E-state index contributed by atoms with van der Waals surface area (Å²) in [6.45, 7) is 0. The van der Waals surface area contributed by atoms with Gasteiger partial charge in [-0.25, -0.2) is 4.79 Å². The maximum absolute atomic E-state index is 12.7. The van der Waals surface area contributed by atoms with Crippen LogP contribution in [0, 0.1) is 0 Å². The summed E-state index contributed by atoms with van der Waals surface area (Å²) in [5.41, 5.74) is -1.78. The fraction of sp³-hybridized carbons (Fsp3) is 0.100. The first kappa shape index (κ1) is 12.1. The highest BCUT2D eigenvalue weighted by atomic mass is 19.4. The van der Waals surface area contributed by atoms with Gasteiger partial charge in [0.05, 0.1) is 5.69 Å². The molecule has 2 aromatic heterocycles. The van der Waals surface area contributed by atoms with Crippen LogP contribution < -0.4 is 0 Å². The predicted octanol–water partition coefficient (Wildman–Crippen LogP) is 2.19. The number of halogens is 3. The van der Waals surface area contributed by atoms with Crippen LogP contribution in [0.3, 0.4) is 0 Å². The van der Waals surface area contributed by atoms with E-state index in [1.165, 1.54) is 12.1 Å². The minimum Gasteiger partial charge on any atom is -0.477 e. The number of H-pyrrole nitrogens is 1. The maximum Gasteiger partial charge on any atom is 0.434 e. The van der Waals surface area contributed by atoms with Crippen LogP contribution in [0.4, 0.5) is 13.2 Å². The lowest BCUT2D eigenvalue weighted by molar-refractivity contribution is -0.140. The van der Waals surface area contributed by atoms with E-state index in [4.69, 9.17) is 5.11 Å². The fourth-order valence-electron chi connectivity index (χ4n) is 1.41. The Morgan fingerprint density at radius 3 is 2.67 bits per heavy atom. The van der Waals surface area contributed by atoms with Crippen molar-refractivity contribution < 1.29 is 23.1 Å². The third-order valence-electron chi connectivity index (χ3n) is 2.16. The third-order valence-corrected chi connectivity index (χ3v) is 2.16. The summed E-state index contributed by atoms with van der Waals surface area (Å²) in [5.74, 6) is -1.30. The Bertz CT molecular complexity index is 592. The van der Waals surface area contributed by atoms with E-state index in [-0.39, 0.29) is 17.0 Å². The van der Waals surface area contributed by atoms with Crippen molar-refractivity contribution in [1.29, 1.82) is 0 Å². The van der Waals surface area contributed by atoms with E-state index >= 15 is 0 Å². The molecule has 0 unspecified atom stereocenters. The van der Waals surface area contributed by atoms with Gasteiger partial charge in [0.2, 0.25) is 0 Å². The molecule has 0 saturated heterocycles. The van der Waals surface area contributed by atoms with Gasteiger partial charge in [0.1, 0.15) is 5.69 Å². The Kier molecular flexibility index (Phi) is 2.77. The molecule has 0 amide bonds. The molecule has 0 aromatic carbocycles. The van der Waals surface area contributed by atoms with Crippen molar-refractivity contribution in [3.63, 3.8) is 0 Å². The van der Waals surface area contributed by atoms with Gasteiger partial charge < -0.3 is 5.11 Å². The van der Waals surface area contributed by atoms with Crippen molar-refractivity contribution in [2.75, 3.05) is 0 Å². The Morgan fingerprint density at radius 1 is 1.39 bits per heavy atom. The zero-order valence-electron chi connectivity index (χ0n) is 8.69. The Labute approximate surface area is 98.3 Å². The number of hydrogen-bond acceptors (Lipinski definition) is 3. The van der Waals surface area contributed by atoms with Gasteiger partial charge in [-0.05, 0) is 18.2 Å². The largest absolute Gasteiger partial charge is 0.477 e. The van der Waals surface area contributed by atoms with Crippen molar-refractivity contribution in [3.8, 4) is 11.3 Å². The number of carboxylic acid groups (broad SMARTS) is 1. The van der Waals surface area contributed by atoms with Crippen LogP contribution in [0.2, 0.25) is 0 Å². The van der Waals surface area contributed by atoms with E-state index in [0.717, 1.165) is 12.3 Å². The number of hydrogen-bond donors (Lipinski definition) is 2. The molecule has 94 valence electrons. The molecule has 0 aliphatic rings. The van der Waals surface area contributed by atoms with Crippen molar-refractivity contribution in [3.05, 3.63) is 35.8 Å². The summed E-state index contributed by atoms with van der Waals surface area (Å²) in [6.07, 6.45) is -3.62. The average Bonchev–Trinajstić information content (AvgIpc) is 2.77. The zero-order chi connectivity index (χ0) is 13.3. The lowest BCUT2D eigenvalue weighted by Gasteiger charge is -2.08. The summed E-state index contributed by atoms with van der Waals surface area (Å²) in [7, 11) is 0. The van der Waals surface area contributed by atoms with Gasteiger partial charge in [0, 0.05) is 11.8 Å². The minimum absolute atomic E-state index is 0.118.